The lowest BCUT2D eigenvalue weighted by atomic mass is 9.75. The summed E-state index contributed by atoms with van der Waals surface area (Å²) in [7, 11) is 0. The molecule has 0 amide bonds. The summed E-state index contributed by atoms with van der Waals surface area (Å²) >= 11 is 4.18. The molecule has 0 aliphatic carbocycles. The van der Waals surface area contributed by atoms with Crippen molar-refractivity contribution >= 4 is 68.5 Å². The van der Waals surface area contributed by atoms with Gasteiger partial charge in [-0.25, -0.2) is 4.79 Å². The van der Waals surface area contributed by atoms with Crippen LogP contribution in [0.1, 0.15) is 25.3 Å². The molecule has 0 bridgehead atoms. The van der Waals surface area contributed by atoms with Crippen molar-refractivity contribution in [3.05, 3.63) is 51.2 Å². The van der Waals surface area contributed by atoms with Gasteiger partial charge in [0.05, 0.1) is 10.5 Å². The van der Waals surface area contributed by atoms with Gasteiger partial charge in [-0.05, 0) is 19.4 Å². The molecule has 1 heterocycles. The van der Waals surface area contributed by atoms with Crippen LogP contribution in [0.15, 0.2) is 40.5 Å². The Hall–Kier alpha value is -1.57. The molecule has 2 unspecified atom stereocenters. The first kappa shape index (κ1) is 23.7. The van der Waals surface area contributed by atoms with E-state index in [4.69, 9.17) is 9.47 Å². The molecule has 0 aromatic heterocycles. The molecule has 1 aliphatic rings. The van der Waals surface area contributed by atoms with Crippen LogP contribution in [0.3, 0.4) is 0 Å². The van der Waals surface area contributed by atoms with Gasteiger partial charge in [0.2, 0.25) is 0 Å². The molecule has 156 valence electrons. The average molecular weight is 626 g/mol. The number of nitrogens with zero attached hydrogens (tertiary/aromatic N) is 2. The maximum atomic E-state index is 12.8. The van der Waals surface area contributed by atoms with E-state index in [0.717, 1.165) is 0 Å². The monoisotopic (exact) mass is 626 g/mol. The molecule has 0 saturated heterocycles. The Morgan fingerprint density at radius 1 is 1.17 bits per heavy atom. The normalized spacial score (nSPS) is 18.8. The number of alkyl halides is 2. The van der Waals surface area contributed by atoms with Gasteiger partial charge in [-0.1, -0.05) is 57.3 Å². The van der Waals surface area contributed by atoms with Gasteiger partial charge >= 0.3 is 11.9 Å². The Kier molecular flexibility index (Phi) is 8.99. The average Bonchev–Trinajstić information content (AvgIpc) is 2.69. The number of benzene rings is 1. The van der Waals surface area contributed by atoms with E-state index in [2.05, 4.69) is 50.2 Å². The third kappa shape index (κ3) is 5.74. The van der Waals surface area contributed by atoms with E-state index in [-0.39, 0.29) is 24.5 Å². The van der Waals surface area contributed by atoms with Gasteiger partial charge in [0.1, 0.15) is 19.1 Å². The first-order chi connectivity index (χ1) is 13.8. The minimum Gasteiger partial charge on any atom is -0.464 e. The number of nitro benzene ring substituents is 1. The third-order valence-electron chi connectivity index (χ3n) is 4.37. The maximum Gasteiger partial charge on any atom is 0.336 e. The van der Waals surface area contributed by atoms with Crippen molar-refractivity contribution in [1.29, 1.82) is 0 Å². The van der Waals surface area contributed by atoms with E-state index in [0.29, 0.717) is 25.8 Å². The molecule has 0 saturated carbocycles. The highest BCUT2D eigenvalue weighted by Gasteiger charge is 2.42. The maximum absolute atomic E-state index is 12.8. The second-order valence-electron chi connectivity index (χ2n) is 6.24. The number of carbonyl (C=O) groups excluding carboxylic acids is 2. The molecule has 0 fully saturated rings. The first-order valence-electron chi connectivity index (χ1n) is 8.77. The Labute approximate surface area is 195 Å². The number of allylic oxidation sites excluding steroid dienone is 1. The zero-order valence-electron chi connectivity index (χ0n) is 15.9. The Bertz CT molecular complexity index is 868. The number of halogens is 2. The molecule has 29 heavy (non-hydrogen) atoms. The Morgan fingerprint density at radius 2 is 1.83 bits per heavy atom. The highest BCUT2D eigenvalue weighted by Crippen LogP contribution is 2.41. The van der Waals surface area contributed by atoms with Crippen molar-refractivity contribution in [2.24, 2.45) is 10.9 Å². The van der Waals surface area contributed by atoms with Gasteiger partial charge in [0.25, 0.3) is 5.69 Å². The number of non-ortho nitro benzene ring substituents is 1. The summed E-state index contributed by atoms with van der Waals surface area (Å²) in [5.41, 5.74) is 1.47. The quantitative estimate of drug-likeness (QED) is 0.142. The topological polar surface area (TPSA) is 108 Å². The fourth-order valence-corrected chi connectivity index (χ4v) is 3.68. The molecular weight excluding hydrogens is 606 g/mol. The van der Waals surface area contributed by atoms with Crippen molar-refractivity contribution in [3.8, 4) is 0 Å². The second-order valence-corrected chi connectivity index (χ2v) is 8.40. The third-order valence-corrected chi connectivity index (χ3v) is 5.25. The molecule has 0 N–H and O–H groups in total. The minimum absolute atomic E-state index is 0.125. The molecule has 2 atom stereocenters. The summed E-state index contributed by atoms with van der Waals surface area (Å²) in [6.45, 7) is 3.80. The van der Waals surface area contributed by atoms with Gasteiger partial charge in [-0.3, -0.25) is 19.9 Å². The molecule has 1 aromatic rings. The molecule has 2 rings (SSSR count). The van der Waals surface area contributed by atoms with Crippen LogP contribution in [0.2, 0.25) is 0 Å². The number of ether oxygens (including phenoxy) is 2. The molecule has 8 nitrogen and oxygen atoms in total. The van der Waals surface area contributed by atoms with Crippen LogP contribution in [0.5, 0.6) is 0 Å². The van der Waals surface area contributed by atoms with Crippen molar-refractivity contribution < 1.29 is 24.0 Å². The lowest BCUT2D eigenvalue weighted by Gasteiger charge is -2.31. The van der Waals surface area contributed by atoms with E-state index in [1.165, 1.54) is 18.2 Å². The predicted octanol–water partition coefficient (Wildman–Crippen LogP) is 4.00. The van der Waals surface area contributed by atoms with E-state index >= 15 is 0 Å². The van der Waals surface area contributed by atoms with Crippen molar-refractivity contribution in [2.75, 3.05) is 22.1 Å². The van der Waals surface area contributed by atoms with E-state index in [9.17, 15) is 19.7 Å². The summed E-state index contributed by atoms with van der Waals surface area (Å²) in [4.78, 5) is 40.8. The van der Waals surface area contributed by atoms with Crippen LogP contribution in [0, 0.1) is 16.0 Å². The van der Waals surface area contributed by atoms with Crippen molar-refractivity contribution in [3.63, 3.8) is 0 Å². The zero-order valence-corrected chi connectivity index (χ0v) is 20.2. The van der Waals surface area contributed by atoms with Crippen LogP contribution >= 0.6 is 45.2 Å². The van der Waals surface area contributed by atoms with Gasteiger partial charge in [-0.2, -0.15) is 0 Å². The van der Waals surface area contributed by atoms with E-state index < -0.39 is 28.7 Å². The first-order valence-corrected chi connectivity index (χ1v) is 11.8. The van der Waals surface area contributed by atoms with Crippen LogP contribution in [-0.4, -0.2) is 44.6 Å². The Morgan fingerprint density at radius 3 is 2.45 bits per heavy atom. The highest BCUT2D eigenvalue weighted by molar-refractivity contribution is 14.1. The summed E-state index contributed by atoms with van der Waals surface area (Å²) in [6, 6.07) is 5.93. The molecule has 0 spiro atoms. The largest absolute Gasteiger partial charge is 0.464 e. The smallest absolute Gasteiger partial charge is 0.336 e. The van der Waals surface area contributed by atoms with Crippen LogP contribution in [0.4, 0.5) is 5.69 Å². The second kappa shape index (κ2) is 11.0. The molecule has 1 aliphatic heterocycles. The van der Waals surface area contributed by atoms with Gasteiger partial charge in [0, 0.05) is 38.3 Å². The minimum atomic E-state index is -0.870. The number of hydrogen-bond acceptors (Lipinski definition) is 7. The fraction of sp³-hybridized carbons (Fsp3) is 0.421. The number of nitro groups is 1. The predicted molar refractivity (Wildman–Crippen MR) is 125 cm³/mol. The standard InChI is InChI=1S/C19H20I2N2O6/c1-11-15(18(24)28-8-6-20)17(13-4-3-5-14(10-13)23(26)27)16(12(2)22-11)19(25)29-9-7-21/h3-5,10,15,17H,6-9H2,1-2H3. The number of aliphatic imine (C=N–C) groups is 1. The summed E-state index contributed by atoms with van der Waals surface area (Å²) in [6.07, 6.45) is 0. The summed E-state index contributed by atoms with van der Waals surface area (Å²) in [5.74, 6) is -2.76. The zero-order chi connectivity index (χ0) is 21.6. The summed E-state index contributed by atoms with van der Waals surface area (Å²) in [5, 5.41) is 11.3. The lowest BCUT2D eigenvalue weighted by Crippen LogP contribution is -2.37. The van der Waals surface area contributed by atoms with Gasteiger partial charge in [-0.15, -0.1) is 0 Å². The van der Waals surface area contributed by atoms with Crippen LogP contribution < -0.4 is 0 Å². The molecular formula is C19H20I2N2O6. The van der Waals surface area contributed by atoms with Crippen LogP contribution in [-0.2, 0) is 19.1 Å². The number of carbonyl (C=O) groups is 2. The molecule has 10 heteroatoms. The highest BCUT2D eigenvalue weighted by atomic mass is 127. The van der Waals surface area contributed by atoms with E-state index in [1.54, 1.807) is 19.9 Å². The number of hydrogen-bond donors (Lipinski definition) is 0. The van der Waals surface area contributed by atoms with Gasteiger partial charge in [0.15, 0.2) is 0 Å². The number of esters is 2. The lowest BCUT2D eigenvalue weighted by molar-refractivity contribution is -0.384. The molecule has 1 aromatic carbocycles. The van der Waals surface area contributed by atoms with Crippen molar-refractivity contribution in [1.82, 2.24) is 0 Å². The van der Waals surface area contributed by atoms with Crippen LogP contribution in [0.25, 0.3) is 0 Å². The van der Waals surface area contributed by atoms with Crippen molar-refractivity contribution in [2.45, 2.75) is 19.8 Å². The molecule has 0 radical (unpaired) electrons. The SMILES string of the molecule is CC1=NC(C)=C(C(=O)OCCI)C(c2cccc([N+](=O)[O-])c2)C1C(=O)OCCI. The Balaban J connectivity index is 2.60. The summed E-state index contributed by atoms with van der Waals surface area (Å²) < 4.78 is 11.9. The number of rotatable bonds is 8. The van der Waals surface area contributed by atoms with E-state index in [1.807, 2.05) is 0 Å². The fourth-order valence-electron chi connectivity index (χ4n) is 3.24. The van der Waals surface area contributed by atoms with Gasteiger partial charge < -0.3 is 9.47 Å².